The molecular formula is C33H51KN3S-. The van der Waals surface area contributed by atoms with Gasteiger partial charge in [-0.15, -0.1) is 34.9 Å². The molecule has 5 rings (SSSR count). The third kappa shape index (κ3) is 10.4. The summed E-state index contributed by atoms with van der Waals surface area (Å²) in [5.74, 6) is 1.72. The number of rotatable bonds is 6. The van der Waals surface area contributed by atoms with Crippen molar-refractivity contribution < 1.29 is 51.4 Å². The zero-order valence-corrected chi connectivity index (χ0v) is 29.2. The van der Waals surface area contributed by atoms with Gasteiger partial charge in [-0.2, -0.15) is 12.6 Å². The fraction of sp³-hybridized carbons (Fsp3) is 0.606. The summed E-state index contributed by atoms with van der Waals surface area (Å²) in [5.41, 5.74) is 9.74. The van der Waals surface area contributed by atoms with Crippen molar-refractivity contribution in [2.75, 3.05) is 32.7 Å². The van der Waals surface area contributed by atoms with Crippen molar-refractivity contribution in [2.45, 2.75) is 90.9 Å². The third-order valence-corrected chi connectivity index (χ3v) is 8.53. The number of nitrogens with one attached hydrogen (secondary N) is 1. The number of likely N-dealkylation sites (N-methyl/N-ethyl adjacent to an activating group) is 1. The Labute approximate surface area is 282 Å². The van der Waals surface area contributed by atoms with Crippen molar-refractivity contribution in [2.24, 2.45) is 5.92 Å². The molecule has 0 spiro atoms. The van der Waals surface area contributed by atoms with Crippen molar-refractivity contribution in [3.63, 3.8) is 0 Å². The van der Waals surface area contributed by atoms with Gasteiger partial charge in [0, 0.05) is 31.4 Å². The van der Waals surface area contributed by atoms with Gasteiger partial charge in [-0.05, 0) is 76.4 Å². The first-order valence-electron chi connectivity index (χ1n) is 14.4. The summed E-state index contributed by atoms with van der Waals surface area (Å²) in [6.07, 6.45) is 16.4. The predicted octanol–water partition coefficient (Wildman–Crippen LogP) is 4.49. The Balaban J connectivity index is 0.000000354. The maximum atomic E-state index is 4.38. The molecule has 2 aliphatic heterocycles. The summed E-state index contributed by atoms with van der Waals surface area (Å²) < 4.78 is 0. The number of hydrogen-bond donors (Lipinski definition) is 2. The molecule has 0 aromatic heterocycles. The maximum Gasteiger partial charge on any atom is 1.00 e. The normalized spacial score (nSPS) is 25.2. The first-order chi connectivity index (χ1) is 17.4. The minimum absolute atomic E-state index is 0. The molecule has 4 fully saturated rings. The van der Waals surface area contributed by atoms with Gasteiger partial charge in [0.25, 0.3) is 0 Å². The molecule has 1 aromatic carbocycles. The number of benzene rings is 1. The van der Waals surface area contributed by atoms with E-state index in [0.717, 1.165) is 24.6 Å². The SMILES string of the molecule is CC1CCN(C=C2CC2)C1.CCN1CCCC(N/C(C)=C2\CCCC2=[C-]c2ccc(CS)cc2C)C1.[CH3-].[K+]. The summed E-state index contributed by atoms with van der Waals surface area (Å²) in [5, 5.41) is 3.84. The van der Waals surface area contributed by atoms with E-state index in [0.29, 0.717) is 6.04 Å². The molecule has 2 unspecified atom stereocenters. The first-order valence-corrected chi connectivity index (χ1v) is 15.0. The summed E-state index contributed by atoms with van der Waals surface area (Å²) >= 11 is 4.38. The topological polar surface area (TPSA) is 18.5 Å². The zero-order chi connectivity index (χ0) is 25.5. The number of allylic oxidation sites excluding steroid dienone is 4. The number of likely N-dealkylation sites (tertiary alicyclic amines) is 2. The maximum absolute atomic E-state index is 4.38. The molecule has 2 heterocycles. The van der Waals surface area contributed by atoms with Crippen molar-refractivity contribution >= 4 is 12.6 Å². The van der Waals surface area contributed by atoms with Gasteiger partial charge in [0.1, 0.15) is 0 Å². The summed E-state index contributed by atoms with van der Waals surface area (Å²) in [6.45, 7) is 15.2. The van der Waals surface area contributed by atoms with Crippen molar-refractivity contribution in [3.8, 4) is 0 Å². The Morgan fingerprint density at radius 3 is 2.53 bits per heavy atom. The quantitative estimate of drug-likeness (QED) is 0.304. The molecule has 2 atom stereocenters. The Kier molecular flexibility index (Phi) is 15.3. The number of nitrogens with zero attached hydrogens (tertiary/aromatic N) is 2. The van der Waals surface area contributed by atoms with E-state index >= 15 is 0 Å². The van der Waals surface area contributed by atoms with E-state index in [4.69, 9.17) is 0 Å². The largest absolute Gasteiger partial charge is 1.00 e. The average Bonchev–Trinajstić information content (AvgIpc) is 3.40. The predicted molar refractivity (Wildman–Crippen MR) is 164 cm³/mol. The summed E-state index contributed by atoms with van der Waals surface area (Å²) in [7, 11) is 0. The standard InChI is InChI=1S/C23H33N2S.C9H15N.CH3.K/c1-4-25-12-6-8-22(15-25)24-18(3)23-9-5-7-21(23)14-20-11-10-19(16-26)13-17(20)2;1-8-4-5-10(6-8)7-9-2-3-9;;/h10-11,13,22,24,26H,4-9,12,15-16H2,1-3H3;7-8H,2-6H2,1H3;1H3;/q-1;;-1;+1/b23-18+;;;. The van der Waals surface area contributed by atoms with E-state index in [2.05, 4.69) is 85.9 Å². The van der Waals surface area contributed by atoms with Crippen LogP contribution >= 0.6 is 12.6 Å². The van der Waals surface area contributed by atoms with Crippen LogP contribution in [0.1, 0.15) is 88.8 Å². The number of piperidine rings is 1. The Morgan fingerprint density at radius 1 is 1.11 bits per heavy atom. The Morgan fingerprint density at radius 2 is 1.89 bits per heavy atom. The van der Waals surface area contributed by atoms with Crippen LogP contribution in [0, 0.1) is 26.3 Å². The van der Waals surface area contributed by atoms with Crippen LogP contribution < -0.4 is 56.7 Å². The molecule has 4 aliphatic rings. The van der Waals surface area contributed by atoms with Gasteiger partial charge in [0.05, 0.1) is 0 Å². The molecule has 0 radical (unpaired) electrons. The zero-order valence-electron chi connectivity index (χ0n) is 25.2. The van der Waals surface area contributed by atoms with Gasteiger partial charge in [0.15, 0.2) is 0 Å². The molecule has 1 aromatic rings. The minimum atomic E-state index is 0. The molecule has 1 N–H and O–H groups in total. The van der Waals surface area contributed by atoms with Crippen molar-refractivity contribution in [3.05, 3.63) is 77.0 Å². The molecule has 2 saturated heterocycles. The molecule has 5 heteroatoms. The molecule has 0 bridgehead atoms. The van der Waals surface area contributed by atoms with E-state index < -0.39 is 0 Å². The molecule has 0 amide bonds. The first kappa shape index (κ1) is 34.2. The minimum Gasteiger partial charge on any atom is -0.392 e. The van der Waals surface area contributed by atoms with E-state index in [1.807, 2.05) is 0 Å². The van der Waals surface area contributed by atoms with Gasteiger partial charge in [-0.25, -0.2) is 0 Å². The molecule has 38 heavy (non-hydrogen) atoms. The van der Waals surface area contributed by atoms with Crippen molar-refractivity contribution in [1.82, 2.24) is 15.1 Å². The van der Waals surface area contributed by atoms with Crippen LogP contribution in [0.2, 0.25) is 0 Å². The number of thiol groups is 1. The van der Waals surface area contributed by atoms with Gasteiger partial charge < -0.3 is 22.5 Å². The molecule has 3 nitrogen and oxygen atoms in total. The summed E-state index contributed by atoms with van der Waals surface area (Å²) in [4.78, 5) is 5.04. The second-order valence-corrected chi connectivity index (χ2v) is 11.7. The van der Waals surface area contributed by atoms with Crippen LogP contribution in [0.25, 0.3) is 0 Å². The van der Waals surface area contributed by atoms with E-state index in [1.165, 1.54) is 105 Å². The van der Waals surface area contributed by atoms with Crippen LogP contribution in [0.3, 0.4) is 0 Å². The van der Waals surface area contributed by atoms with Crippen LogP contribution in [0.4, 0.5) is 0 Å². The third-order valence-electron chi connectivity index (χ3n) is 8.16. The fourth-order valence-electron chi connectivity index (χ4n) is 5.82. The Hall–Kier alpha value is -0.0136. The van der Waals surface area contributed by atoms with Gasteiger partial charge >= 0.3 is 51.4 Å². The van der Waals surface area contributed by atoms with E-state index in [-0.39, 0.29) is 58.8 Å². The smallest absolute Gasteiger partial charge is 0.392 e. The van der Waals surface area contributed by atoms with Crippen LogP contribution in [-0.2, 0) is 5.75 Å². The second-order valence-electron chi connectivity index (χ2n) is 11.4. The van der Waals surface area contributed by atoms with Crippen LogP contribution in [-0.4, -0.2) is 48.6 Å². The molecule has 2 aliphatic carbocycles. The molecular weight excluding hydrogens is 510 g/mol. The van der Waals surface area contributed by atoms with Gasteiger partial charge in [-0.3, -0.25) is 0 Å². The number of aryl methyl sites for hydroxylation is 1. The Bertz CT molecular complexity index is 976. The monoisotopic (exact) mass is 560 g/mol. The average molecular weight is 561 g/mol. The van der Waals surface area contributed by atoms with Gasteiger partial charge in [0.2, 0.25) is 0 Å². The van der Waals surface area contributed by atoms with E-state index in [1.54, 1.807) is 5.57 Å². The van der Waals surface area contributed by atoms with Crippen molar-refractivity contribution in [1.29, 1.82) is 0 Å². The van der Waals surface area contributed by atoms with Crippen LogP contribution in [0.15, 0.2) is 46.8 Å². The number of hydrogen-bond acceptors (Lipinski definition) is 4. The fourth-order valence-corrected chi connectivity index (χ4v) is 6.02. The molecule has 2 saturated carbocycles. The molecule has 206 valence electrons. The second kappa shape index (κ2) is 17.1. The van der Waals surface area contributed by atoms with E-state index in [9.17, 15) is 0 Å². The van der Waals surface area contributed by atoms with Gasteiger partial charge in [-0.1, -0.05) is 56.4 Å². The van der Waals surface area contributed by atoms with Crippen LogP contribution in [0.5, 0.6) is 0 Å². The summed E-state index contributed by atoms with van der Waals surface area (Å²) in [6, 6.07) is 7.20.